The van der Waals surface area contributed by atoms with E-state index in [0.717, 1.165) is 0 Å². The van der Waals surface area contributed by atoms with E-state index in [1.165, 1.54) is 18.4 Å². The Morgan fingerprint density at radius 3 is 3.00 bits per heavy atom. The van der Waals surface area contributed by atoms with Crippen LogP contribution in [0.3, 0.4) is 0 Å². The zero-order chi connectivity index (χ0) is 14.8. The van der Waals surface area contributed by atoms with Gasteiger partial charge in [-0.3, -0.25) is 14.9 Å². The molecule has 0 aliphatic carbocycles. The highest BCUT2D eigenvalue weighted by Crippen LogP contribution is 2.18. The summed E-state index contributed by atoms with van der Waals surface area (Å²) in [6.45, 7) is 0.169. The summed E-state index contributed by atoms with van der Waals surface area (Å²) in [6, 6.07) is 7.52. The minimum atomic E-state index is -0.474. The Bertz CT molecular complexity index is 807. The van der Waals surface area contributed by atoms with E-state index in [1.54, 1.807) is 18.2 Å². The van der Waals surface area contributed by atoms with Gasteiger partial charge in [-0.15, -0.1) is 0 Å². The van der Waals surface area contributed by atoms with Gasteiger partial charge in [0.15, 0.2) is 5.76 Å². The maximum Gasteiger partial charge on any atom is 0.287 e. The van der Waals surface area contributed by atoms with Gasteiger partial charge in [-0.1, -0.05) is 0 Å². The van der Waals surface area contributed by atoms with Crippen LogP contribution >= 0.6 is 0 Å². The van der Waals surface area contributed by atoms with Gasteiger partial charge in [-0.05, 0) is 18.2 Å². The van der Waals surface area contributed by atoms with Crippen molar-refractivity contribution in [1.29, 1.82) is 0 Å². The van der Waals surface area contributed by atoms with Gasteiger partial charge in [0, 0.05) is 12.1 Å². The molecule has 0 unspecified atom stereocenters. The van der Waals surface area contributed by atoms with Gasteiger partial charge in [-0.2, -0.15) is 0 Å². The molecular formula is C13H10N4O4. The SMILES string of the molecule is O=C(NCc1nc2ccc([N+](=O)[O-])cc2[nH]1)c1ccco1. The zero-order valence-electron chi connectivity index (χ0n) is 10.7. The first-order valence-electron chi connectivity index (χ1n) is 6.08. The van der Waals surface area contributed by atoms with Gasteiger partial charge in [0.05, 0.1) is 28.8 Å². The van der Waals surface area contributed by atoms with Crippen molar-refractivity contribution in [1.82, 2.24) is 15.3 Å². The van der Waals surface area contributed by atoms with Crippen LogP contribution in [0.25, 0.3) is 11.0 Å². The number of carbonyl (C=O) groups excluding carboxylic acids is 1. The van der Waals surface area contributed by atoms with E-state index in [1.807, 2.05) is 0 Å². The first-order chi connectivity index (χ1) is 10.1. The average Bonchev–Trinajstić information content (AvgIpc) is 3.12. The van der Waals surface area contributed by atoms with E-state index in [4.69, 9.17) is 4.42 Å². The van der Waals surface area contributed by atoms with Gasteiger partial charge >= 0.3 is 0 Å². The van der Waals surface area contributed by atoms with Crippen molar-refractivity contribution in [3.8, 4) is 0 Å². The number of benzene rings is 1. The minimum Gasteiger partial charge on any atom is -0.459 e. The number of amides is 1. The minimum absolute atomic E-state index is 0.0164. The number of carbonyl (C=O) groups is 1. The van der Waals surface area contributed by atoms with Crippen LogP contribution in [-0.4, -0.2) is 20.8 Å². The number of rotatable bonds is 4. The molecule has 8 nitrogen and oxygen atoms in total. The smallest absolute Gasteiger partial charge is 0.287 e. The lowest BCUT2D eigenvalue weighted by molar-refractivity contribution is -0.384. The average molecular weight is 286 g/mol. The van der Waals surface area contributed by atoms with Crippen LogP contribution in [0.2, 0.25) is 0 Å². The van der Waals surface area contributed by atoms with Gasteiger partial charge in [0.2, 0.25) is 0 Å². The van der Waals surface area contributed by atoms with E-state index < -0.39 is 4.92 Å². The van der Waals surface area contributed by atoms with Crippen LogP contribution in [0.15, 0.2) is 41.0 Å². The van der Waals surface area contributed by atoms with Gasteiger partial charge in [-0.25, -0.2) is 4.98 Å². The topological polar surface area (TPSA) is 114 Å². The Labute approximate surface area is 117 Å². The highest BCUT2D eigenvalue weighted by Gasteiger charge is 2.11. The van der Waals surface area contributed by atoms with Crippen molar-refractivity contribution >= 4 is 22.6 Å². The molecule has 2 heterocycles. The number of nitro benzene ring substituents is 1. The monoisotopic (exact) mass is 286 g/mol. The van der Waals surface area contributed by atoms with Crippen LogP contribution in [0.1, 0.15) is 16.4 Å². The quantitative estimate of drug-likeness (QED) is 0.562. The summed E-state index contributed by atoms with van der Waals surface area (Å²) in [5, 5.41) is 13.3. The standard InChI is InChI=1S/C13H10N4O4/c18-13(11-2-1-5-21-11)14-7-12-15-9-4-3-8(17(19)20)6-10(9)16-12/h1-6H,7H2,(H,14,18)(H,15,16). The molecule has 3 rings (SSSR count). The second-order valence-electron chi connectivity index (χ2n) is 4.30. The number of furan rings is 1. The molecule has 3 aromatic rings. The third kappa shape index (κ3) is 2.59. The van der Waals surface area contributed by atoms with Crippen molar-refractivity contribution in [2.24, 2.45) is 0 Å². The number of non-ortho nitro benzene ring substituents is 1. The Hall–Kier alpha value is -3.16. The van der Waals surface area contributed by atoms with Crippen LogP contribution in [-0.2, 0) is 6.54 Å². The lowest BCUT2D eigenvalue weighted by Gasteiger charge is -1.99. The van der Waals surface area contributed by atoms with Gasteiger partial charge < -0.3 is 14.7 Å². The summed E-state index contributed by atoms with van der Waals surface area (Å²) in [4.78, 5) is 29.1. The predicted octanol–water partition coefficient (Wildman–Crippen LogP) is 1.99. The summed E-state index contributed by atoms with van der Waals surface area (Å²) in [6.07, 6.45) is 1.41. The van der Waals surface area contributed by atoms with E-state index in [9.17, 15) is 14.9 Å². The largest absolute Gasteiger partial charge is 0.459 e. The molecule has 2 N–H and O–H groups in total. The molecule has 8 heteroatoms. The van der Waals surface area contributed by atoms with Gasteiger partial charge in [0.25, 0.3) is 11.6 Å². The van der Waals surface area contributed by atoms with Crippen molar-refractivity contribution in [3.63, 3.8) is 0 Å². The first-order valence-corrected chi connectivity index (χ1v) is 6.08. The molecular weight excluding hydrogens is 276 g/mol. The lowest BCUT2D eigenvalue weighted by atomic mass is 10.3. The molecule has 0 aliphatic rings. The van der Waals surface area contributed by atoms with Crippen LogP contribution in [0.5, 0.6) is 0 Å². The Kier molecular flexibility index (Phi) is 3.11. The van der Waals surface area contributed by atoms with Crippen molar-refractivity contribution in [3.05, 3.63) is 58.3 Å². The number of nitrogens with one attached hydrogen (secondary N) is 2. The third-order valence-electron chi connectivity index (χ3n) is 2.89. The number of nitro groups is 1. The number of H-pyrrole nitrogens is 1. The lowest BCUT2D eigenvalue weighted by Crippen LogP contribution is -2.22. The first kappa shape index (κ1) is 12.9. The molecule has 0 bridgehead atoms. The molecule has 0 radical (unpaired) electrons. The number of aromatic nitrogens is 2. The molecule has 21 heavy (non-hydrogen) atoms. The summed E-state index contributed by atoms with van der Waals surface area (Å²) < 4.78 is 4.97. The highest BCUT2D eigenvalue weighted by molar-refractivity contribution is 5.91. The summed E-state index contributed by atoms with van der Waals surface area (Å²) >= 11 is 0. The Morgan fingerprint density at radius 2 is 2.29 bits per heavy atom. The number of hydrogen-bond acceptors (Lipinski definition) is 5. The number of imidazole rings is 1. The molecule has 1 aromatic carbocycles. The molecule has 0 atom stereocenters. The molecule has 0 aliphatic heterocycles. The van der Waals surface area contributed by atoms with E-state index >= 15 is 0 Å². The van der Waals surface area contributed by atoms with Crippen LogP contribution in [0, 0.1) is 10.1 Å². The van der Waals surface area contributed by atoms with Crippen molar-refractivity contribution < 1.29 is 14.1 Å². The molecule has 106 valence electrons. The van der Waals surface area contributed by atoms with Crippen LogP contribution < -0.4 is 5.32 Å². The fraction of sp³-hybridized carbons (Fsp3) is 0.0769. The Morgan fingerprint density at radius 1 is 1.43 bits per heavy atom. The number of aromatic amines is 1. The molecule has 0 saturated carbocycles. The maximum absolute atomic E-state index is 11.7. The van der Waals surface area contributed by atoms with Crippen molar-refractivity contribution in [2.45, 2.75) is 6.54 Å². The molecule has 1 amide bonds. The molecule has 2 aromatic heterocycles. The Balaban J connectivity index is 1.75. The summed E-state index contributed by atoms with van der Waals surface area (Å²) in [7, 11) is 0. The zero-order valence-corrected chi connectivity index (χ0v) is 10.7. The maximum atomic E-state index is 11.7. The molecule has 0 saturated heterocycles. The predicted molar refractivity (Wildman–Crippen MR) is 72.6 cm³/mol. The number of fused-ring (bicyclic) bond motifs is 1. The van der Waals surface area contributed by atoms with E-state index in [-0.39, 0.29) is 23.9 Å². The summed E-state index contributed by atoms with van der Waals surface area (Å²) in [5.74, 6) is 0.360. The second kappa shape index (κ2) is 5.08. The fourth-order valence-electron chi connectivity index (χ4n) is 1.91. The second-order valence-corrected chi connectivity index (χ2v) is 4.30. The molecule has 0 spiro atoms. The number of nitrogens with zero attached hydrogens (tertiary/aromatic N) is 2. The molecule has 0 fully saturated rings. The highest BCUT2D eigenvalue weighted by atomic mass is 16.6. The van der Waals surface area contributed by atoms with Crippen LogP contribution in [0.4, 0.5) is 5.69 Å². The number of hydrogen-bond donors (Lipinski definition) is 2. The van der Waals surface area contributed by atoms with Crippen molar-refractivity contribution in [2.75, 3.05) is 0 Å². The fourth-order valence-corrected chi connectivity index (χ4v) is 1.91. The van der Waals surface area contributed by atoms with E-state index in [2.05, 4.69) is 15.3 Å². The summed E-state index contributed by atoms with van der Waals surface area (Å²) in [5.41, 5.74) is 1.13. The van der Waals surface area contributed by atoms with Gasteiger partial charge in [0.1, 0.15) is 5.82 Å². The van der Waals surface area contributed by atoms with E-state index in [0.29, 0.717) is 16.9 Å². The third-order valence-corrected chi connectivity index (χ3v) is 2.89. The normalized spacial score (nSPS) is 10.7.